The van der Waals surface area contributed by atoms with Crippen molar-refractivity contribution in [2.45, 2.75) is 6.36 Å². The van der Waals surface area contributed by atoms with Crippen LogP contribution in [0.4, 0.5) is 18.9 Å². The minimum atomic E-state index is -4.85. The van der Waals surface area contributed by atoms with Crippen LogP contribution in [0, 0.1) is 11.3 Å². The molecule has 0 saturated heterocycles. The van der Waals surface area contributed by atoms with E-state index in [4.69, 9.17) is 5.26 Å². The molecule has 0 unspecified atom stereocenters. The number of hydrogen-bond acceptors (Lipinski definition) is 3. The monoisotopic (exact) mass is 332 g/mol. The number of rotatable bonds is 4. The molecule has 0 atom stereocenters. The summed E-state index contributed by atoms with van der Waals surface area (Å²) in [6, 6.07) is 13.7. The highest BCUT2D eigenvalue weighted by molar-refractivity contribution is 6.02. The fraction of sp³-hybridized carbons (Fsp3) is 0.0588. The summed E-state index contributed by atoms with van der Waals surface area (Å²) in [5.41, 5.74) is 1.06. The number of alkyl halides is 3. The van der Waals surface area contributed by atoms with E-state index in [2.05, 4.69) is 10.1 Å². The van der Waals surface area contributed by atoms with Crippen molar-refractivity contribution in [2.75, 3.05) is 5.32 Å². The van der Waals surface area contributed by atoms with Gasteiger partial charge in [0.1, 0.15) is 0 Å². The summed E-state index contributed by atoms with van der Waals surface area (Å²) in [5.74, 6) is -1.11. The fourth-order valence-electron chi connectivity index (χ4n) is 1.80. The molecule has 0 aliphatic rings. The zero-order valence-corrected chi connectivity index (χ0v) is 12.2. The van der Waals surface area contributed by atoms with E-state index in [1.165, 1.54) is 30.4 Å². The van der Waals surface area contributed by atoms with E-state index in [0.29, 0.717) is 11.1 Å². The molecule has 7 heteroatoms. The van der Waals surface area contributed by atoms with E-state index in [0.717, 1.165) is 6.07 Å². The Morgan fingerprint density at radius 3 is 2.42 bits per heavy atom. The van der Waals surface area contributed by atoms with Crippen LogP contribution >= 0.6 is 0 Å². The van der Waals surface area contributed by atoms with Crippen LogP contribution < -0.4 is 10.1 Å². The molecule has 2 aromatic rings. The molecule has 0 aromatic heterocycles. The molecule has 1 amide bonds. The van der Waals surface area contributed by atoms with Gasteiger partial charge in [0, 0.05) is 6.08 Å². The van der Waals surface area contributed by atoms with Gasteiger partial charge >= 0.3 is 6.36 Å². The lowest BCUT2D eigenvalue weighted by atomic mass is 10.1. The maximum Gasteiger partial charge on any atom is 0.573 e. The largest absolute Gasteiger partial charge is 0.573 e. The van der Waals surface area contributed by atoms with Crippen molar-refractivity contribution in [3.63, 3.8) is 0 Å². The summed E-state index contributed by atoms with van der Waals surface area (Å²) in [6.07, 6.45) is -2.20. The first-order chi connectivity index (χ1) is 11.4. The van der Waals surface area contributed by atoms with Crippen molar-refractivity contribution in [2.24, 2.45) is 0 Å². The second-order valence-electron chi connectivity index (χ2n) is 4.60. The van der Waals surface area contributed by atoms with E-state index >= 15 is 0 Å². The van der Waals surface area contributed by atoms with Crippen molar-refractivity contribution in [3.05, 3.63) is 65.7 Å². The van der Waals surface area contributed by atoms with Crippen molar-refractivity contribution in [3.8, 4) is 11.8 Å². The third-order valence-electron chi connectivity index (χ3n) is 2.84. The van der Waals surface area contributed by atoms with Gasteiger partial charge in [0.15, 0.2) is 5.75 Å². The maximum atomic E-state index is 12.3. The Bertz CT molecular complexity index is 791. The van der Waals surface area contributed by atoms with Crippen LogP contribution in [0.5, 0.6) is 5.75 Å². The lowest BCUT2D eigenvalue weighted by molar-refractivity contribution is -0.274. The number of para-hydroxylation sites is 2. The van der Waals surface area contributed by atoms with Gasteiger partial charge in [0.2, 0.25) is 5.91 Å². The summed E-state index contributed by atoms with van der Waals surface area (Å²) in [5, 5.41) is 11.0. The number of halogens is 3. The Morgan fingerprint density at radius 2 is 1.79 bits per heavy atom. The molecule has 0 saturated carbocycles. The van der Waals surface area contributed by atoms with Crippen LogP contribution in [-0.2, 0) is 4.79 Å². The molecule has 1 N–H and O–H groups in total. The van der Waals surface area contributed by atoms with Gasteiger partial charge in [-0.3, -0.25) is 4.79 Å². The van der Waals surface area contributed by atoms with E-state index in [1.54, 1.807) is 24.3 Å². The van der Waals surface area contributed by atoms with Crippen molar-refractivity contribution in [1.82, 2.24) is 0 Å². The number of nitrogens with zero attached hydrogens (tertiary/aromatic N) is 1. The smallest absolute Gasteiger partial charge is 0.404 e. The topological polar surface area (TPSA) is 62.1 Å². The summed E-state index contributed by atoms with van der Waals surface area (Å²) < 4.78 is 40.8. The van der Waals surface area contributed by atoms with Crippen LogP contribution in [0.15, 0.2) is 54.6 Å². The van der Waals surface area contributed by atoms with Gasteiger partial charge in [-0.1, -0.05) is 24.3 Å². The zero-order valence-electron chi connectivity index (χ0n) is 12.2. The molecule has 0 heterocycles. The third-order valence-corrected chi connectivity index (χ3v) is 2.84. The van der Waals surface area contributed by atoms with Crippen molar-refractivity contribution in [1.29, 1.82) is 5.26 Å². The Hall–Kier alpha value is -3.27. The minimum absolute atomic E-state index is 0.0932. The Morgan fingerprint density at radius 1 is 1.12 bits per heavy atom. The average Bonchev–Trinajstić information content (AvgIpc) is 2.54. The predicted octanol–water partition coefficient (Wildman–Crippen LogP) is 4.11. The number of nitriles is 1. The van der Waals surface area contributed by atoms with E-state index < -0.39 is 18.0 Å². The summed E-state index contributed by atoms with van der Waals surface area (Å²) in [4.78, 5) is 11.8. The predicted molar refractivity (Wildman–Crippen MR) is 81.9 cm³/mol. The van der Waals surface area contributed by atoms with Gasteiger partial charge in [0.25, 0.3) is 0 Å². The number of ether oxygens (including phenoxy) is 1. The number of anilines is 1. The molecule has 4 nitrogen and oxygen atoms in total. The Kier molecular flexibility index (Phi) is 5.22. The highest BCUT2D eigenvalue weighted by Crippen LogP contribution is 2.29. The number of benzene rings is 2. The highest BCUT2D eigenvalue weighted by Gasteiger charge is 2.32. The highest BCUT2D eigenvalue weighted by atomic mass is 19.4. The second kappa shape index (κ2) is 7.33. The lowest BCUT2D eigenvalue weighted by Gasteiger charge is -2.13. The average molecular weight is 332 g/mol. The molecule has 0 spiro atoms. The lowest BCUT2D eigenvalue weighted by Crippen LogP contribution is -2.19. The molecule has 0 bridgehead atoms. The molecule has 0 fully saturated rings. The van der Waals surface area contributed by atoms with Gasteiger partial charge in [-0.15, -0.1) is 13.2 Å². The summed E-state index contributed by atoms with van der Waals surface area (Å²) in [6.45, 7) is 0. The van der Waals surface area contributed by atoms with Gasteiger partial charge in [0.05, 0.1) is 17.3 Å². The quantitative estimate of drug-likeness (QED) is 0.857. The van der Waals surface area contributed by atoms with Crippen LogP contribution in [0.1, 0.15) is 11.1 Å². The molecule has 24 heavy (non-hydrogen) atoms. The SMILES string of the molecule is N#Cc1ccc(/C=C/C(=O)Nc2ccccc2OC(F)(F)F)cc1. The number of nitrogens with one attached hydrogen (secondary N) is 1. The summed E-state index contributed by atoms with van der Waals surface area (Å²) >= 11 is 0. The molecule has 2 aromatic carbocycles. The van der Waals surface area contributed by atoms with Crippen LogP contribution in [0.3, 0.4) is 0 Å². The van der Waals surface area contributed by atoms with E-state index in [-0.39, 0.29) is 5.69 Å². The molecule has 2 rings (SSSR count). The third kappa shape index (κ3) is 5.18. The van der Waals surface area contributed by atoms with E-state index in [1.807, 2.05) is 6.07 Å². The van der Waals surface area contributed by atoms with Crippen LogP contribution in [0.2, 0.25) is 0 Å². The van der Waals surface area contributed by atoms with Gasteiger partial charge < -0.3 is 10.1 Å². The molecule has 122 valence electrons. The molecule has 0 aliphatic carbocycles. The first kappa shape index (κ1) is 17.1. The fourth-order valence-corrected chi connectivity index (χ4v) is 1.80. The second-order valence-corrected chi connectivity index (χ2v) is 4.60. The van der Waals surface area contributed by atoms with Crippen LogP contribution in [-0.4, -0.2) is 12.3 Å². The standard InChI is InChI=1S/C17H11F3N2O2/c18-17(19,20)24-15-4-2-1-3-14(15)22-16(23)10-9-12-5-7-13(11-21)8-6-12/h1-10H,(H,22,23)/b10-9+. The molecular formula is C17H11F3N2O2. The maximum absolute atomic E-state index is 12.3. The molecule has 0 radical (unpaired) electrons. The first-order valence-electron chi connectivity index (χ1n) is 6.71. The van der Waals surface area contributed by atoms with E-state index in [9.17, 15) is 18.0 Å². The normalized spacial score (nSPS) is 11.1. The number of carbonyl (C=O) groups is 1. The Balaban J connectivity index is 2.07. The van der Waals surface area contributed by atoms with Crippen molar-refractivity contribution >= 4 is 17.7 Å². The zero-order chi connectivity index (χ0) is 17.6. The number of amides is 1. The van der Waals surface area contributed by atoms with Crippen molar-refractivity contribution < 1.29 is 22.7 Å². The minimum Gasteiger partial charge on any atom is -0.404 e. The Labute approximate surface area is 135 Å². The van der Waals surface area contributed by atoms with Gasteiger partial charge in [-0.05, 0) is 35.9 Å². The number of hydrogen-bond donors (Lipinski definition) is 1. The molecular weight excluding hydrogens is 321 g/mol. The first-order valence-corrected chi connectivity index (χ1v) is 6.71. The summed E-state index contributed by atoms with van der Waals surface area (Å²) in [7, 11) is 0. The van der Waals surface area contributed by atoms with Crippen LogP contribution in [0.25, 0.3) is 6.08 Å². The number of carbonyl (C=O) groups excluding carboxylic acids is 1. The van der Waals surface area contributed by atoms with Gasteiger partial charge in [-0.2, -0.15) is 5.26 Å². The van der Waals surface area contributed by atoms with Gasteiger partial charge in [-0.25, -0.2) is 0 Å². The molecule has 0 aliphatic heterocycles.